The molecule has 4 heterocycles. The molecular formula is C20H25N7OS. The van der Waals surface area contributed by atoms with Crippen LogP contribution in [0.15, 0.2) is 24.4 Å². The number of anilines is 1. The highest BCUT2D eigenvalue weighted by Crippen LogP contribution is 2.27. The minimum atomic E-state index is 0.0562. The predicted octanol–water partition coefficient (Wildman–Crippen LogP) is 2.65. The van der Waals surface area contributed by atoms with Gasteiger partial charge in [0.15, 0.2) is 5.82 Å². The van der Waals surface area contributed by atoms with Crippen molar-refractivity contribution in [3.8, 4) is 5.82 Å². The molecule has 3 aromatic heterocycles. The molecule has 0 atom stereocenters. The van der Waals surface area contributed by atoms with Gasteiger partial charge in [0.05, 0.1) is 22.8 Å². The number of hydrogen-bond acceptors (Lipinski definition) is 7. The van der Waals surface area contributed by atoms with Crippen molar-refractivity contribution in [1.82, 2.24) is 29.3 Å². The average molecular weight is 412 g/mol. The van der Waals surface area contributed by atoms with Crippen molar-refractivity contribution in [2.24, 2.45) is 0 Å². The molecule has 0 spiro atoms. The standard InChI is InChI=1S/C20H25N7OS/c1-4-7-16-19(29-24-22-16)20(28)26-12-10-25(11-13-26)18-14(2)23-27(15(18)3)17-8-5-6-9-21-17/h5-6,8-9H,4,7,10-13H2,1-3H3. The van der Waals surface area contributed by atoms with E-state index in [1.807, 2.05) is 34.7 Å². The van der Waals surface area contributed by atoms with E-state index in [0.29, 0.717) is 18.0 Å². The molecule has 1 aliphatic heterocycles. The summed E-state index contributed by atoms with van der Waals surface area (Å²) < 4.78 is 5.88. The minimum absolute atomic E-state index is 0.0562. The van der Waals surface area contributed by atoms with Crippen molar-refractivity contribution >= 4 is 23.1 Å². The molecule has 0 aromatic carbocycles. The first kappa shape index (κ1) is 19.5. The van der Waals surface area contributed by atoms with Crippen molar-refractivity contribution < 1.29 is 4.79 Å². The van der Waals surface area contributed by atoms with Crippen molar-refractivity contribution in [2.45, 2.75) is 33.6 Å². The van der Waals surface area contributed by atoms with E-state index in [-0.39, 0.29) is 5.91 Å². The number of rotatable bonds is 5. The van der Waals surface area contributed by atoms with Gasteiger partial charge >= 0.3 is 0 Å². The molecule has 3 aromatic rings. The number of hydrogen-bond donors (Lipinski definition) is 0. The van der Waals surface area contributed by atoms with Crippen LogP contribution >= 0.6 is 11.5 Å². The van der Waals surface area contributed by atoms with E-state index in [4.69, 9.17) is 5.10 Å². The third-order valence-electron chi connectivity index (χ3n) is 5.24. The first-order valence-corrected chi connectivity index (χ1v) is 10.7. The lowest BCUT2D eigenvalue weighted by Crippen LogP contribution is -2.49. The van der Waals surface area contributed by atoms with Crippen molar-refractivity contribution in [1.29, 1.82) is 0 Å². The van der Waals surface area contributed by atoms with Gasteiger partial charge in [-0.05, 0) is 43.9 Å². The van der Waals surface area contributed by atoms with E-state index in [1.165, 1.54) is 11.5 Å². The number of piperazine rings is 1. The zero-order chi connectivity index (χ0) is 20.4. The summed E-state index contributed by atoms with van der Waals surface area (Å²) in [5, 5.41) is 8.83. The maximum atomic E-state index is 12.9. The van der Waals surface area contributed by atoms with Crippen LogP contribution in [0.1, 0.15) is 40.1 Å². The Morgan fingerprint density at radius 3 is 2.66 bits per heavy atom. The fourth-order valence-corrected chi connectivity index (χ4v) is 4.52. The minimum Gasteiger partial charge on any atom is -0.365 e. The van der Waals surface area contributed by atoms with Gasteiger partial charge in [-0.2, -0.15) is 5.10 Å². The predicted molar refractivity (Wildman–Crippen MR) is 113 cm³/mol. The maximum absolute atomic E-state index is 12.9. The molecule has 0 aliphatic carbocycles. The van der Waals surface area contributed by atoms with Crippen LogP contribution in [-0.4, -0.2) is 61.3 Å². The van der Waals surface area contributed by atoms with Crippen LogP contribution in [-0.2, 0) is 6.42 Å². The Bertz CT molecular complexity index is 990. The Morgan fingerprint density at radius 1 is 1.17 bits per heavy atom. The van der Waals surface area contributed by atoms with Gasteiger partial charge in [0, 0.05) is 32.4 Å². The fourth-order valence-electron chi connectivity index (χ4n) is 3.84. The summed E-state index contributed by atoms with van der Waals surface area (Å²) in [6.07, 6.45) is 3.53. The summed E-state index contributed by atoms with van der Waals surface area (Å²) in [5.74, 6) is 0.870. The molecule has 0 N–H and O–H groups in total. The van der Waals surface area contributed by atoms with Gasteiger partial charge in [0.2, 0.25) is 0 Å². The molecule has 29 heavy (non-hydrogen) atoms. The Kier molecular flexibility index (Phi) is 5.57. The van der Waals surface area contributed by atoms with E-state index in [2.05, 4.69) is 33.3 Å². The number of nitrogens with zero attached hydrogens (tertiary/aromatic N) is 7. The maximum Gasteiger partial charge on any atom is 0.267 e. The van der Waals surface area contributed by atoms with Crippen LogP contribution < -0.4 is 4.90 Å². The third-order valence-corrected chi connectivity index (χ3v) is 6.00. The van der Waals surface area contributed by atoms with E-state index in [0.717, 1.165) is 54.5 Å². The molecule has 0 saturated carbocycles. The smallest absolute Gasteiger partial charge is 0.267 e. The zero-order valence-electron chi connectivity index (χ0n) is 17.0. The number of carbonyl (C=O) groups is 1. The van der Waals surface area contributed by atoms with Crippen molar-refractivity contribution in [3.63, 3.8) is 0 Å². The van der Waals surface area contributed by atoms with Crippen LogP contribution in [0.2, 0.25) is 0 Å². The Balaban J connectivity index is 1.48. The van der Waals surface area contributed by atoms with Gasteiger partial charge < -0.3 is 9.80 Å². The van der Waals surface area contributed by atoms with Gasteiger partial charge in [-0.25, -0.2) is 9.67 Å². The Labute approximate surface area is 174 Å². The van der Waals surface area contributed by atoms with Crippen molar-refractivity contribution in [3.05, 3.63) is 46.4 Å². The summed E-state index contributed by atoms with van der Waals surface area (Å²) in [7, 11) is 0. The Morgan fingerprint density at radius 2 is 1.97 bits per heavy atom. The molecule has 1 fully saturated rings. The topological polar surface area (TPSA) is 80.0 Å². The quantitative estimate of drug-likeness (QED) is 0.642. The average Bonchev–Trinajstić information content (AvgIpc) is 3.32. The number of aryl methyl sites for hydroxylation is 2. The van der Waals surface area contributed by atoms with Gasteiger partial charge in [0.25, 0.3) is 5.91 Å². The number of amides is 1. The molecule has 152 valence electrons. The summed E-state index contributed by atoms with van der Waals surface area (Å²) >= 11 is 1.21. The number of pyridine rings is 1. The van der Waals surface area contributed by atoms with Gasteiger partial charge in [-0.15, -0.1) is 5.10 Å². The van der Waals surface area contributed by atoms with E-state index in [9.17, 15) is 4.79 Å². The summed E-state index contributed by atoms with van der Waals surface area (Å²) in [4.78, 5) is 22.3. The van der Waals surface area contributed by atoms with Crippen LogP contribution in [0, 0.1) is 13.8 Å². The Hall–Kier alpha value is -2.81. The number of carbonyl (C=O) groups excluding carboxylic acids is 1. The second-order valence-electron chi connectivity index (χ2n) is 7.20. The van der Waals surface area contributed by atoms with Crippen LogP contribution in [0.5, 0.6) is 0 Å². The highest BCUT2D eigenvalue weighted by atomic mass is 32.1. The van der Waals surface area contributed by atoms with Crippen LogP contribution in [0.4, 0.5) is 5.69 Å². The molecule has 1 saturated heterocycles. The van der Waals surface area contributed by atoms with Gasteiger partial charge in [-0.1, -0.05) is 23.9 Å². The number of aromatic nitrogens is 5. The van der Waals surface area contributed by atoms with E-state index >= 15 is 0 Å². The lowest BCUT2D eigenvalue weighted by molar-refractivity contribution is 0.0750. The van der Waals surface area contributed by atoms with Gasteiger partial charge in [0.1, 0.15) is 4.88 Å². The van der Waals surface area contributed by atoms with Crippen LogP contribution in [0.3, 0.4) is 0 Å². The summed E-state index contributed by atoms with van der Waals surface area (Å²) in [6, 6.07) is 5.82. The SMILES string of the molecule is CCCc1nnsc1C(=O)N1CCN(c2c(C)nn(-c3ccccn3)c2C)CC1. The first-order chi connectivity index (χ1) is 14.1. The molecule has 0 bridgehead atoms. The fraction of sp³-hybridized carbons (Fsp3) is 0.450. The molecule has 8 nitrogen and oxygen atoms in total. The summed E-state index contributed by atoms with van der Waals surface area (Å²) in [5.41, 5.74) is 4.00. The monoisotopic (exact) mass is 411 g/mol. The normalized spacial score (nSPS) is 14.4. The molecular weight excluding hydrogens is 386 g/mol. The lowest BCUT2D eigenvalue weighted by atomic mass is 10.2. The second kappa shape index (κ2) is 8.28. The molecule has 1 aliphatic rings. The third kappa shape index (κ3) is 3.74. The van der Waals surface area contributed by atoms with Crippen LogP contribution in [0.25, 0.3) is 5.82 Å². The first-order valence-electron chi connectivity index (χ1n) is 9.93. The largest absolute Gasteiger partial charge is 0.365 e. The molecule has 0 unspecified atom stereocenters. The van der Waals surface area contributed by atoms with Gasteiger partial charge in [-0.3, -0.25) is 4.79 Å². The van der Waals surface area contributed by atoms with E-state index < -0.39 is 0 Å². The molecule has 4 rings (SSSR count). The highest BCUT2D eigenvalue weighted by molar-refractivity contribution is 7.08. The molecule has 1 amide bonds. The molecule has 0 radical (unpaired) electrons. The summed E-state index contributed by atoms with van der Waals surface area (Å²) in [6.45, 7) is 9.09. The molecule has 9 heteroatoms. The lowest BCUT2D eigenvalue weighted by Gasteiger charge is -2.36. The second-order valence-corrected chi connectivity index (χ2v) is 7.95. The zero-order valence-corrected chi connectivity index (χ0v) is 17.8. The highest BCUT2D eigenvalue weighted by Gasteiger charge is 2.28. The van der Waals surface area contributed by atoms with Crippen molar-refractivity contribution in [2.75, 3.05) is 31.1 Å². The van der Waals surface area contributed by atoms with E-state index in [1.54, 1.807) is 6.20 Å².